The molecular weight excluding hydrogens is 391 g/mol. The average Bonchev–Trinajstić information content (AvgIpc) is 2.83. The summed E-state index contributed by atoms with van der Waals surface area (Å²) < 4.78 is 6.22. The normalized spacial score (nSPS) is 10.1. The Bertz CT molecular complexity index is 625. The second-order valence-electron chi connectivity index (χ2n) is 3.91. The summed E-state index contributed by atoms with van der Waals surface area (Å²) in [6.07, 6.45) is 0. The van der Waals surface area contributed by atoms with Crippen molar-refractivity contribution in [3.05, 3.63) is 44.5 Å². The number of hydrogen-bond donors (Lipinski definition) is 1. The molecule has 2 aromatic rings. The highest BCUT2D eigenvalue weighted by Gasteiger charge is 2.09. The van der Waals surface area contributed by atoms with Crippen LogP contribution in [0.4, 0.5) is 5.13 Å². The van der Waals surface area contributed by atoms with Gasteiger partial charge in [-0.2, -0.15) is 0 Å². The van der Waals surface area contributed by atoms with Crippen molar-refractivity contribution < 1.29 is 14.3 Å². The van der Waals surface area contributed by atoms with E-state index in [0.29, 0.717) is 16.4 Å². The highest BCUT2D eigenvalue weighted by molar-refractivity contribution is 14.1. The van der Waals surface area contributed by atoms with Crippen molar-refractivity contribution in [2.24, 2.45) is 0 Å². The van der Waals surface area contributed by atoms with Gasteiger partial charge in [0.25, 0.3) is 0 Å². The van der Waals surface area contributed by atoms with Crippen molar-refractivity contribution in [1.82, 2.24) is 4.98 Å². The van der Waals surface area contributed by atoms with Crippen LogP contribution < -0.4 is 5.32 Å². The van der Waals surface area contributed by atoms with Crippen LogP contribution in [0, 0.1) is 3.57 Å². The van der Waals surface area contributed by atoms with E-state index in [1.165, 1.54) is 18.3 Å². The van der Waals surface area contributed by atoms with Gasteiger partial charge in [-0.25, -0.2) is 9.78 Å². The first-order valence-electron chi connectivity index (χ1n) is 5.69. The number of rotatable bonds is 4. The van der Waals surface area contributed by atoms with E-state index >= 15 is 0 Å². The van der Waals surface area contributed by atoms with Crippen LogP contribution in [-0.4, -0.2) is 16.9 Å². The van der Waals surface area contributed by atoms with Crippen molar-refractivity contribution in [1.29, 1.82) is 0 Å². The molecule has 0 aliphatic rings. The molecule has 0 aliphatic carbocycles. The van der Waals surface area contributed by atoms with Gasteiger partial charge in [-0.05, 0) is 46.9 Å². The number of nitrogens with one attached hydrogen (secondary N) is 1. The van der Waals surface area contributed by atoms with E-state index in [1.54, 1.807) is 17.5 Å². The molecule has 2 rings (SSSR count). The molecule has 20 heavy (non-hydrogen) atoms. The Labute approximate surface area is 133 Å². The smallest absolute Gasteiger partial charge is 0.338 e. The Morgan fingerprint density at radius 2 is 2.05 bits per heavy atom. The number of anilines is 1. The molecule has 1 N–H and O–H groups in total. The van der Waals surface area contributed by atoms with Crippen molar-refractivity contribution in [2.75, 3.05) is 5.32 Å². The second kappa shape index (κ2) is 6.80. The minimum Gasteiger partial charge on any atom is -0.456 e. The molecule has 0 saturated carbocycles. The zero-order valence-electron chi connectivity index (χ0n) is 10.6. The molecule has 1 heterocycles. The lowest BCUT2D eigenvalue weighted by molar-refractivity contribution is -0.114. The summed E-state index contributed by atoms with van der Waals surface area (Å²) in [6.45, 7) is 1.50. The Morgan fingerprint density at radius 3 is 2.70 bits per heavy atom. The highest BCUT2D eigenvalue weighted by atomic mass is 127. The molecular formula is C13H11IN2O3S. The molecule has 1 aromatic carbocycles. The van der Waals surface area contributed by atoms with Crippen LogP contribution in [0.5, 0.6) is 0 Å². The zero-order chi connectivity index (χ0) is 14.5. The van der Waals surface area contributed by atoms with Crippen molar-refractivity contribution in [2.45, 2.75) is 13.5 Å². The molecule has 0 radical (unpaired) electrons. The number of amides is 1. The fourth-order valence-electron chi connectivity index (χ4n) is 1.39. The standard InChI is InChI=1S/C13H11IN2O3S/c1-8(17)15-13-16-11(7-20-13)6-19-12(18)9-2-4-10(14)5-3-9/h2-5,7H,6H2,1H3,(H,15,16,17). The minimum atomic E-state index is -0.393. The lowest BCUT2D eigenvalue weighted by atomic mass is 10.2. The minimum absolute atomic E-state index is 0.0842. The summed E-state index contributed by atoms with van der Waals surface area (Å²) >= 11 is 3.46. The first-order chi connectivity index (χ1) is 9.54. The summed E-state index contributed by atoms with van der Waals surface area (Å²) in [5.41, 5.74) is 1.11. The monoisotopic (exact) mass is 402 g/mol. The van der Waals surface area contributed by atoms with Gasteiger partial charge < -0.3 is 10.1 Å². The van der Waals surface area contributed by atoms with Crippen LogP contribution in [0.15, 0.2) is 29.6 Å². The van der Waals surface area contributed by atoms with Gasteiger partial charge >= 0.3 is 5.97 Å². The molecule has 0 atom stereocenters. The van der Waals surface area contributed by atoms with Crippen LogP contribution in [-0.2, 0) is 16.1 Å². The van der Waals surface area contributed by atoms with E-state index in [1.807, 2.05) is 12.1 Å². The van der Waals surface area contributed by atoms with Crippen molar-refractivity contribution in [3.8, 4) is 0 Å². The first-order valence-corrected chi connectivity index (χ1v) is 7.65. The van der Waals surface area contributed by atoms with Crippen LogP contribution in [0.1, 0.15) is 23.0 Å². The van der Waals surface area contributed by atoms with Gasteiger partial charge in [-0.1, -0.05) is 0 Å². The molecule has 0 aliphatic heterocycles. The lowest BCUT2D eigenvalue weighted by Gasteiger charge is -2.02. The molecule has 5 nitrogen and oxygen atoms in total. The SMILES string of the molecule is CC(=O)Nc1nc(COC(=O)c2ccc(I)cc2)cs1. The molecule has 0 bridgehead atoms. The third-order valence-corrected chi connectivity index (χ3v) is 3.79. The molecule has 1 amide bonds. The van der Waals surface area contributed by atoms with Crippen LogP contribution >= 0.6 is 33.9 Å². The summed E-state index contributed by atoms with van der Waals surface area (Å²) in [5.74, 6) is -0.572. The summed E-state index contributed by atoms with van der Waals surface area (Å²) in [6, 6.07) is 7.12. The van der Waals surface area contributed by atoms with E-state index in [2.05, 4.69) is 32.9 Å². The van der Waals surface area contributed by atoms with Gasteiger partial charge in [0.1, 0.15) is 6.61 Å². The second-order valence-corrected chi connectivity index (χ2v) is 6.01. The number of aromatic nitrogens is 1. The largest absolute Gasteiger partial charge is 0.456 e. The highest BCUT2D eigenvalue weighted by Crippen LogP contribution is 2.16. The number of halogens is 1. The summed E-state index contributed by atoms with van der Waals surface area (Å²) in [7, 11) is 0. The Hall–Kier alpha value is -1.48. The van der Waals surface area contributed by atoms with Gasteiger partial charge in [0.05, 0.1) is 11.3 Å². The maximum absolute atomic E-state index is 11.8. The molecule has 1 aromatic heterocycles. The topological polar surface area (TPSA) is 68.3 Å². The van der Waals surface area contributed by atoms with E-state index in [9.17, 15) is 9.59 Å². The third-order valence-electron chi connectivity index (χ3n) is 2.27. The summed E-state index contributed by atoms with van der Waals surface area (Å²) in [4.78, 5) is 26.8. The van der Waals surface area contributed by atoms with E-state index in [4.69, 9.17) is 4.74 Å². The van der Waals surface area contributed by atoms with Gasteiger partial charge in [-0.3, -0.25) is 4.79 Å². The van der Waals surface area contributed by atoms with Crippen LogP contribution in [0.2, 0.25) is 0 Å². The number of carbonyl (C=O) groups excluding carboxylic acids is 2. The number of benzene rings is 1. The van der Waals surface area contributed by atoms with Gasteiger partial charge in [0.2, 0.25) is 5.91 Å². The van der Waals surface area contributed by atoms with Gasteiger partial charge in [0, 0.05) is 15.9 Å². The predicted octanol–water partition coefficient (Wildman–Crippen LogP) is 3.06. The molecule has 0 spiro atoms. The fraction of sp³-hybridized carbons (Fsp3) is 0.154. The molecule has 0 saturated heterocycles. The van der Waals surface area contributed by atoms with Crippen molar-refractivity contribution >= 4 is 50.9 Å². The van der Waals surface area contributed by atoms with E-state index in [-0.39, 0.29) is 12.5 Å². The molecule has 0 unspecified atom stereocenters. The fourth-order valence-corrected chi connectivity index (χ4v) is 2.49. The van der Waals surface area contributed by atoms with Gasteiger partial charge in [-0.15, -0.1) is 11.3 Å². The lowest BCUT2D eigenvalue weighted by Crippen LogP contribution is -2.07. The van der Waals surface area contributed by atoms with Crippen LogP contribution in [0.25, 0.3) is 0 Å². The number of nitrogens with zero attached hydrogens (tertiary/aromatic N) is 1. The number of carbonyl (C=O) groups is 2. The Balaban J connectivity index is 1.91. The third kappa shape index (κ3) is 4.27. The Morgan fingerprint density at radius 1 is 1.35 bits per heavy atom. The number of hydrogen-bond acceptors (Lipinski definition) is 5. The Kier molecular flexibility index (Phi) is 5.07. The molecule has 104 valence electrons. The van der Waals surface area contributed by atoms with E-state index in [0.717, 1.165) is 3.57 Å². The van der Waals surface area contributed by atoms with Crippen LogP contribution in [0.3, 0.4) is 0 Å². The predicted molar refractivity (Wildman–Crippen MR) is 84.7 cm³/mol. The maximum atomic E-state index is 11.8. The zero-order valence-corrected chi connectivity index (χ0v) is 13.5. The van der Waals surface area contributed by atoms with Crippen molar-refractivity contribution in [3.63, 3.8) is 0 Å². The summed E-state index contributed by atoms with van der Waals surface area (Å²) in [5, 5.41) is 4.82. The quantitative estimate of drug-likeness (QED) is 0.631. The average molecular weight is 402 g/mol. The number of ether oxygens (including phenoxy) is 1. The molecule has 7 heteroatoms. The first kappa shape index (κ1) is 14.9. The maximum Gasteiger partial charge on any atom is 0.338 e. The van der Waals surface area contributed by atoms with Gasteiger partial charge in [0.15, 0.2) is 5.13 Å². The molecule has 0 fully saturated rings. The van der Waals surface area contributed by atoms with E-state index < -0.39 is 5.97 Å². The number of thiazole rings is 1. The number of esters is 1.